The molecular weight excluding hydrogens is 282 g/mol. The second kappa shape index (κ2) is 6.31. The molecule has 1 aliphatic rings. The Hall–Kier alpha value is -1.80. The molecule has 0 saturated carbocycles. The quantitative estimate of drug-likeness (QED) is 0.901. The summed E-state index contributed by atoms with van der Waals surface area (Å²) in [6, 6.07) is 15.7. The second-order valence-electron chi connectivity index (χ2n) is 5.49. The zero-order chi connectivity index (χ0) is 14.7. The van der Waals surface area contributed by atoms with Crippen LogP contribution >= 0.6 is 11.6 Å². The molecule has 1 atom stereocenters. The highest BCUT2D eigenvalue weighted by Gasteiger charge is 2.21. The van der Waals surface area contributed by atoms with Gasteiger partial charge in [-0.15, -0.1) is 0 Å². The lowest BCUT2D eigenvalue weighted by Crippen LogP contribution is -2.25. The van der Waals surface area contributed by atoms with Crippen molar-refractivity contribution in [1.82, 2.24) is 5.32 Å². The van der Waals surface area contributed by atoms with Crippen LogP contribution in [0.3, 0.4) is 0 Å². The summed E-state index contributed by atoms with van der Waals surface area (Å²) >= 11 is 5.90. The summed E-state index contributed by atoms with van der Waals surface area (Å²) in [5.41, 5.74) is 3.53. The Morgan fingerprint density at radius 3 is 2.90 bits per heavy atom. The van der Waals surface area contributed by atoms with E-state index in [1.807, 2.05) is 0 Å². The van der Waals surface area contributed by atoms with E-state index >= 15 is 0 Å². The molecule has 2 nitrogen and oxygen atoms in total. The molecule has 1 N–H and O–H groups in total. The number of halogens is 1. The number of nitrogens with one attached hydrogen (secondary N) is 1. The summed E-state index contributed by atoms with van der Waals surface area (Å²) in [5, 5.41) is 3.58. The molecule has 0 saturated heterocycles. The van der Waals surface area contributed by atoms with Gasteiger partial charge >= 0.3 is 0 Å². The molecule has 3 heteroatoms. The molecular formula is C18H18ClNO. The molecule has 2 aromatic rings. The molecule has 2 aromatic carbocycles. The van der Waals surface area contributed by atoms with Crippen LogP contribution in [0.5, 0.6) is 0 Å². The van der Waals surface area contributed by atoms with Gasteiger partial charge in [-0.25, -0.2) is 0 Å². The summed E-state index contributed by atoms with van der Waals surface area (Å²) in [5.74, 6) is 0.518. The Morgan fingerprint density at radius 2 is 2.05 bits per heavy atom. The highest BCUT2D eigenvalue weighted by Crippen LogP contribution is 2.34. The van der Waals surface area contributed by atoms with Gasteiger partial charge in [0, 0.05) is 17.1 Å². The first kappa shape index (κ1) is 14.2. The maximum absolute atomic E-state index is 12.0. The van der Waals surface area contributed by atoms with Crippen LogP contribution in [0.15, 0.2) is 48.5 Å². The number of hydrogen-bond acceptors (Lipinski definition) is 1. The Labute approximate surface area is 130 Å². The van der Waals surface area contributed by atoms with Gasteiger partial charge in [-0.05, 0) is 54.5 Å². The van der Waals surface area contributed by atoms with E-state index in [-0.39, 0.29) is 5.91 Å². The van der Waals surface area contributed by atoms with Gasteiger partial charge in [0.25, 0.3) is 5.91 Å². The van der Waals surface area contributed by atoms with Gasteiger partial charge in [0.2, 0.25) is 0 Å². The molecule has 0 heterocycles. The highest BCUT2D eigenvalue weighted by molar-refractivity contribution is 6.30. The maximum Gasteiger partial charge on any atom is 0.251 e. The van der Waals surface area contributed by atoms with Gasteiger partial charge in [0.1, 0.15) is 0 Å². The molecule has 3 rings (SSSR count). The minimum Gasteiger partial charge on any atom is -0.352 e. The van der Waals surface area contributed by atoms with Crippen LogP contribution in [0, 0.1) is 0 Å². The molecule has 108 valence electrons. The smallest absolute Gasteiger partial charge is 0.251 e. The van der Waals surface area contributed by atoms with E-state index in [1.165, 1.54) is 17.5 Å². The Morgan fingerprint density at radius 1 is 1.19 bits per heavy atom. The van der Waals surface area contributed by atoms with Gasteiger partial charge in [0.05, 0.1) is 0 Å². The second-order valence-corrected chi connectivity index (χ2v) is 5.93. The number of carbonyl (C=O) groups is 1. The average Bonchev–Trinajstić information content (AvgIpc) is 2.91. The maximum atomic E-state index is 12.0. The van der Waals surface area contributed by atoms with E-state index in [2.05, 4.69) is 29.6 Å². The fourth-order valence-electron chi connectivity index (χ4n) is 3.04. The molecule has 0 bridgehead atoms. The van der Waals surface area contributed by atoms with Crippen molar-refractivity contribution in [2.45, 2.75) is 25.2 Å². The van der Waals surface area contributed by atoms with Crippen LogP contribution < -0.4 is 5.32 Å². The first-order chi connectivity index (χ1) is 10.2. The fraction of sp³-hybridized carbons (Fsp3) is 0.278. The van der Waals surface area contributed by atoms with Crippen LogP contribution in [-0.4, -0.2) is 12.5 Å². The normalized spacial score (nSPS) is 16.5. The molecule has 1 aliphatic carbocycles. The lowest BCUT2D eigenvalue weighted by molar-refractivity contribution is 0.0952. The van der Waals surface area contributed by atoms with E-state index in [1.54, 1.807) is 24.3 Å². The zero-order valence-electron chi connectivity index (χ0n) is 11.8. The van der Waals surface area contributed by atoms with Gasteiger partial charge in [0.15, 0.2) is 0 Å². The van der Waals surface area contributed by atoms with Crippen LogP contribution in [0.25, 0.3) is 0 Å². The fourth-order valence-corrected chi connectivity index (χ4v) is 3.23. The number of carbonyl (C=O) groups excluding carboxylic acids is 1. The Kier molecular flexibility index (Phi) is 4.26. The SMILES string of the molecule is O=C(NCCC1CCc2ccccc21)c1cccc(Cl)c1. The molecule has 1 unspecified atom stereocenters. The first-order valence-corrected chi connectivity index (χ1v) is 7.73. The average molecular weight is 300 g/mol. The van der Waals surface area contributed by atoms with Crippen molar-refractivity contribution >= 4 is 17.5 Å². The minimum absolute atomic E-state index is 0.0521. The van der Waals surface area contributed by atoms with Gasteiger partial charge in [-0.3, -0.25) is 4.79 Å². The lowest BCUT2D eigenvalue weighted by Gasteiger charge is -2.12. The van der Waals surface area contributed by atoms with Crippen LogP contribution in [0.1, 0.15) is 40.2 Å². The number of hydrogen-bond donors (Lipinski definition) is 1. The van der Waals surface area contributed by atoms with Crippen molar-refractivity contribution < 1.29 is 4.79 Å². The van der Waals surface area contributed by atoms with E-state index < -0.39 is 0 Å². The Bertz CT molecular complexity index is 653. The van der Waals surface area contributed by atoms with E-state index in [9.17, 15) is 4.79 Å². The number of aryl methyl sites for hydroxylation is 1. The standard InChI is InChI=1S/C18H18ClNO/c19-16-6-3-5-15(12-16)18(21)20-11-10-14-9-8-13-4-1-2-7-17(13)14/h1-7,12,14H,8-11H2,(H,20,21). The Balaban J connectivity index is 1.54. The number of rotatable bonds is 4. The highest BCUT2D eigenvalue weighted by atomic mass is 35.5. The third-order valence-electron chi connectivity index (χ3n) is 4.12. The summed E-state index contributed by atoms with van der Waals surface area (Å²) in [4.78, 5) is 12.0. The largest absolute Gasteiger partial charge is 0.352 e. The van der Waals surface area contributed by atoms with Crippen molar-refractivity contribution in [1.29, 1.82) is 0 Å². The van der Waals surface area contributed by atoms with Crippen molar-refractivity contribution in [3.05, 3.63) is 70.2 Å². The summed E-state index contributed by atoms with van der Waals surface area (Å²) in [7, 11) is 0. The van der Waals surface area contributed by atoms with Gasteiger partial charge in [-0.1, -0.05) is 41.9 Å². The molecule has 0 aromatic heterocycles. The van der Waals surface area contributed by atoms with Crippen LogP contribution in [-0.2, 0) is 6.42 Å². The lowest BCUT2D eigenvalue weighted by atomic mass is 9.98. The third kappa shape index (κ3) is 3.27. The zero-order valence-corrected chi connectivity index (χ0v) is 12.6. The third-order valence-corrected chi connectivity index (χ3v) is 4.36. The van der Waals surface area contributed by atoms with E-state index in [0.29, 0.717) is 23.0 Å². The number of fused-ring (bicyclic) bond motifs is 1. The molecule has 1 amide bonds. The number of benzene rings is 2. The number of amides is 1. The van der Waals surface area contributed by atoms with Crippen molar-refractivity contribution in [3.63, 3.8) is 0 Å². The van der Waals surface area contributed by atoms with Crippen molar-refractivity contribution in [2.24, 2.45) is 0 Å². The minimum atomic E-state index is -0.0521. The molecule has 0 radical (unpaired) electrons. The van der Waals surface area contributed by atoms with Crippen molar-refractivity contribution in [2.75, 3.05) is 6.54 Å². The molecule has 21 heavy (non-hydrogen) atoms. The molecule has 0 aliphatic heterocycles. The molecule has 0 fully saturated rings. The van der Waals surface area contributed by atoms with Crippen LogP contribution in [0.4, 0.5) is 0 Å². The van der Waals surface area contributed by atoms with E-state index in [0.717, 1.165) is 12.8 Å². The first-order valence-electron chi connectivity index (χ1n) is 7.35. The monoisotopic (exact) mass is 299 g/mol. The summed E-state index contributed by atoms with van der Waals surface area (Å²) in [6.07, 6.45) is 3.33. The summed E-state index contributed by atoms with van der Waals surface area (Å²) in [6.45, 7) is 0.699. The van der Waals surface area contributed by atoms with E-state index in [4.69, 9.17) is 11.6 Å². The predicted octanol–water partition coefficient (Wildman–Crippen LogP) is 4.19. The van der Waals surface area contributed by atoms with Gasteiger partial charge in [-0.2, -0.15) is 0 Å². The van der Waals surface area contributed by atoms with Crippen molar-refractivity contribution in [3.8, 4) is 0 Å². The summed E-state index contributed by atoms with van der Waals surface area (Å²) < 4.78 is 0. The topological polar surface area (TPSA) is 29.1 Å². The van der Waals surface area contributed by atoms with Crippen LogP contribution in [0.2, 0.25) is 5.02 Å². The molecule has 0 spiro atoms. The van der Waals surface area contributed by atoms with Gasteiger partial charge < -0.3 is 5.32 Å². The predicted molar refractivity (Wildman–Crippen MR) is 85.9 cm³/mol.